The van der Waals surface area contributed by atoms with Crippen LogP contribution >= 0.6 is 11.3 Å². The fraction of sp³-hybridized carbons (Fsp3) is 0.586. The molecule has 4 aromatic heterocycles. The van der Waals surface area contributed by atoms with Gasteiger partial charge in [-0.3, -0.25) is 4.90 Å². The minimum Gasteiger partial charge on any atom is -0.346 e. The van der Waals surface area contributed by atoms with Gasteiger partial charge in [0.05, 0.1) is 17.2 Å². The fourth-order valence-electron chi connectivity index (χ4n) is 7.81. The molecule has 7 nitrogen and oxygen atoms in total. The fourth-order valence-corrected chi connectivity index (χ4v) is 10.7. The number of rotatable bonds is 4. The van der Waals surface area contributed by atoms with Crippen molar-refractivity contribution in [2.24, 2.45) is 5.92 Å². The highest BCUT2D eigenvalue weighted by atomic mass is 32.2. The molecule has 7 rings (SSSR count). The highest BCUT2D eigenvalue weighted by Crippen LogP contribution is 2.54. The second-order valence-electron chi connectivity index (χ2n) is 12.3. The summed E-state index contributed by atoms with van der Waals surface area (Å²) >= 11 is 1.97. The predicted octanol–water partition coefficient (Wildman–Crippen LogP) is 5.74. The maximum Gasteiger partial charge on any atom is 0.158 e. The van der Waals surface area contributed by atoms with E-state index in [0.717, 1.165) is 25.0 Å². The molecule has 3 aliphatic rings. The average Bonchev–Trinajstić information content (AvgIpc) is 3.68. The number of nitrogens with one attached hydrogen (secondary N) is 1. The minimum atomic E-state index is -2.81. The second-order valence-corrected chi connectivity index (χ2v) is 15.6. The molecule has 2 bridgehead atoms. The van der Waals surface area contributed by atoms with Crippen LogP contribution in [0.3, 0.4) is 0 Å². The lowest BCUT2D eigenvalue weighted by Crippen LogP contribution is -2.46. The van der Waals surface area contributed by atoms with Crippen LogP contribution in [0.5, 0.6) is 0 Å². The first-order chi connectivity index (χ1) is 18.1. The van der Waals surface area contributed by atoms with E-state index in [2.05, 4.69) is 60.8 Å². The van der Waals surface area contributed by atoms with Crippen molar-refractivity contribution in [3.63, 3.8) is 0 Å². The van der Waals surface area contributed by atoms with Crippen molar-refractivity contribution in [3.05, 3.63) is 39.7 Å². The molecule has 2 saturated heterocycles. The standard InChI is InChI=1S/C29H37N5O2S2/c1-15(2)24-25-18(5)27(22-11-21-10-19(22)12-33(21)20-6-8-38(35,36)9-7-20)37-29(25)32-26(24)23-13-34-28(30-14-31-34)17(4)16(23)3/h13-15,19-22,32H,6-12H2,1-5H3/t19-,21-,22+/m0/s1. The summed E-state index contributed by atoms with van der Waals surface area (Å²) in [5.41, 5.74) is 8.65. The van der Waals surface area contributed by atoms with Crippen molar-refractivity contribution in [1.82, 2.24) is 24.5 Å². The molecular weight excluding hydrogens is 514 g/mol. The van der Waals surface area contributed by atoms with Crippen molar-refractivity contribution in [1.29, 1.82) is 0 Å². The van der Waals surface area contributed by atoms with Gasteiger partial charge in [0.1, 0.15) is 21.0 Å². The number of hydrogen-bond acceptors (Lipinski definition) is 6. The van der Waals surface area contributed by atoms with E-state index >= 15 is 0 Å². The van der Waals surface area contributed by atoms with E-state index in [1.54, 1.807) is 11.2 Å². The van der Waals surface area contributed by atoms with Gasteiger partial charge in [-0.2, -0.15) is 5.10 Å². The Hall–Kier alpha value is -2.23. The van der Waals surface area contributed by atoms with Crippen molar-refractivity contribution < 1.29 is 8.42 Å². The smallest absolute Gasteiger partial charge is 0.158 e. The molecule has 2 aliphatic heterocycles. The lowest BCUT2D eigenvalue weighted by Gasteiger charge is -2.39. The van der Waals surface area contributed by atoms with E-state index in [0.29, 0.717) is 41.3 Å². The molecular formula is C29H37N5O2S2. The summed E-state index contributed by atoms with van der Waals surface area (Å²) in [4.78, 5) is 13.9. The van der Waals surface area contributed by atoms with E-state index in [4.69, 9.17) is 0 Å². The van der Waals surface area contributed by atoms with Gasteiger partial charge in [0.15, 0.2) is 5.65 Å². The molecule has 3 atom stereocenters. The van der Waals surface area contributed by atoms with Crippen LogP contribution in [0.2, 0.25) is 0 Å². The van der Waals surface area contributed by atoms with E-state index in [1.807, 2.05) is 15.9 Å². The highest BCUT2D eigenvalue weighted by molar-refractivity contribution is 7.91. The van der Waals surface area contributed by atoms with Crippen LogP contribution < -0.4 is 0 Å². The van der Waals surface area contributed by atoms with Crippen LogP contribution in [0.4, 0.5) is 0 Å². The number of thiophene rings is 1. The molecule has 0 spiro atoms. The van der Waals surface area contributed by atoms with Crippen LogP contribution in [-0.4, -0.2) is 63.0 Å². The van der Waals surface area contributed by atoms with Gasteiger partial charge in [-0.1, -0.05) is 13.8 Å². The Kier molecular flexibility index (Phi) is 5.63. The van der Waals surface area contributed by atoms with E-state index in [-0.39, 0.29) is 0 Å². The Morgan fingerprint density at radius 1 is 1.05 bits per heavy atom. The summed E-state index contributed by atoms with van der Waals surface area (Å²) in [6.07, 6.45) is 7.86. The molecule has 1 aliphatic carbocycles. The van der Waals surface area contributed by atoms with Crippen LogP contribution in [0, 0.1) is 26.7 Å². The number of aryl methyl sites for hydroxylation is 2. The number of aromatic amines is 1. The lowest BCUT2D eigenvalue weighted by molar-refractivity contribution is 0.131. The average molecular weight is 552 g/mol. The third-order valence-electron chi connectivity index (χ3n) is 9.85. The molecule has 3 fully saturated rings. The van der Waals surface area contributed by atoms with Gasteiger partial charge >= 0.3 is 0 Å². The van der Waals surface area contributed by atoms with Crippen LogP contribution in [0.25, 0.3) is 27.1 Å². The van der Waals surface area contributed by atoms with E-state index in [9.17, 15) is 8.42 Å². The lowest BCUT2D eigenvalue weighted by atomic mass is 9.88. The topological polar surface area (TPSA) is 83.4 Å². The minimum absolute atomic E-state index is 0.368. The molecule has 0 radical (unpaired) electrons. The summed E-state index contributed by atoms with van der Waals surface area (Å²) in [5, 5.41) is 5.86. The highest BCUT2D eigenvalue weighted by Gasteiger charge is 2.48. The largest absolute Gasteiger partial charge is 0.346 e. The van der Waals surface area contributed by atoms with Gasteiger partial charge in [0, 0.05) is 40.7 Å². The second kappa shape index (κ2) is 8.63. The zero-order valence-corrected chi connectivity index (χ0v) is 24.5. The molecule has 0 unspecified atom stereocenters. The number of H-pyrrole nitrogens is 1. The maximum absolute atomic E-state index is 11.9. The van der Waals surface area contributed by atoms with Crippen molar-refractivity contribution >= 4 is 37.0 Å². The maximum atomic E-state index is 11.9. The molecule has 9 heteroatoms. The van der Waals surface area contributed by atoms with Crippen molar-refractivity contribution in [2.75, 3.05) is 18.1 Å². The Labute approximate surface area is 228 Å². The quantitative estimate of drug-likeness (QED) is 0.350. The first kappa shape index (κ1) is 24.8. The molecule has 38 heavy (non-hydrogen) atoms. The number of pyridine rings is 1. The summed E-state index contributed by atoms with van der Waals surface area (Å²) in [7, 11) is -2.81. The molecule has 1 N–H and O–H groups in total. The third-order valence-corrected chi connectivity index (χ3v) is 12.9. The molecule has 202 valence electrons. The molecule has 4 aromatic rings. The normalized spacial score (nSPS) is 26.0. The van der Waals surface area contributed by atoms with Gasteiger partial charge < -0.3 is 4.98 Å². The Morgan fingerprint density at radius 3 is 2.50 bits per heavy atom. The van der Waals surface area contributed by atoms with E-state index in [1.165, 1.54) is 56.6 Å². The summed E-state index contributed by atoms with van der Waals surface area (Å²) < 4.78 is 25.8. The van der Waals surface area contributed by atoms with Crippen LogP contribution in [0.15, 0.2) is 12.5 Å². The number of hydrogen-bond donors (Lipinski definition) is 1. The number of piperidine rings is 1. The Balaban J connectivity index is 1.22. The zero-order valence-electron chi connectivity index (χ0n) is 22.9. The van der Waals surface area contributed by atoms with E-state index < -0.39 is 9.84 Å². The van der Waals surface area contributed by atoms with Gasteiger partial charge in [0.25, 0.3) is 0 Å². The van der Waals surface area contributed by atoms with Gasteiger partial charge in [0.2, 0.25) is 0 Å². The summed E-state index contributed by atoms with van der Waals surface area (Å²) in [6, 6.07) is 1.06. The SMILES string of the molecule is Cc1c(-c2[nH]c3sc([C@@H]4C[C@@H]5C[C@H]4CN5C4CCS(=O)(=O)CC4)c(C)c3c2C(C)C)cn2ncnc2c1C. The first-order valence-electron chi connectivity index (χ1n) is 14.0. The summed E-state index contributed by atoms with van der Waals surface area (Å²) in [6.45, 7) is 12.4. The number of aromatic nitrogens is 4. The van der Waals surface area contributed by atoms with Gasteiger partial charge in [-0.05, 0) is 86.5 Å². The number of fused-ring (bicyclic) bond motifs is 4. The van der Waals surface area contributed by atoms with Crippen LogP contribution in [-0.2, 0) is 9.84 Å². The Bertz CT molecular complexity index is 1660. The molecule has 1 saturated carbocycles. The third kappa shape index (κ3) is 3.64. The van der Waals surface area contributed by atoms with Gasteiger partial charge in [-0.25, -0.2) is 17.9 Å². The zero-order chi connectivity index (χ0) is 26.5. The summed E-state index contributed by atoms with van der Waals surface area (Å²) in [5.74, 6) is 2.43. The van der Waals surface area contributed by atoms with Crippen molar-refractivity contribution in [2.45, 2.75) is 84.2 Å². The monoisotopic (exact) mass is 551 g/mol. The molecule has 0 aromatic carbocycles. The first-order valence-corrected chi connectivity index (χ1v) is 16.7. The molecule has 6 heterocycles. The van der Waals surface area contributed by atoms with Crippen LogP contribution in [0.1, 0.15) is 78.5 Å². The Morgan fingerprint density at radius 2 is 1.82 bits per heavy atom. The number of likely N-dealkylation sites (tertiary alicyclic amines) is 1. The predicted molar refractivity (Wildman–Crippen MR) is 154 cm³/mol. The van der Waals surface area contributed by atoms with Crippen molar-refractivity contribution in [3.8, 4) is 11.3 Å². The number of sulfone groups is 1. The van der Waals surface area contributed by atoms with Gasteiger partial charge in [-0.15, -0.1) is 11.3 Å². The molecule has 0 amide bonds. The number of nitrogens with zero attached hydrogens (tertiary/aromatic N) is 4.